The number of carbonyl (C=O) groups excluding carboxylic acids is 1. The van der Waals surface area contributed by atoms with Crippen LogP contribution in [0, 0.1) is 12.7 Å². The van der Waals surface area contributed by atoms with Crippen molar-refractivity contribution in [1.29, 1.82) is 0 Å². The summed E-state index contributed by atoms with van der Waals surface area (Å²) in [6, 6.07) is 9.20. The number of hydrogen-bond acceptors (Lipinski definition) is 1. The molecule has 0 aromatic heterocycles. The second-order valence-electron chi connectivity index (χ2n) is 3.99. The van der Waals surface area contributed by atoms with E-state index >= 15 is 0 Å². The van der Waals surface area contributed by atoms with E-state index in [0.717, 1.165) is 0 Å². The van der Waals surface area contributed by atoms with Crippen molar-refractivity contribution in [2.45, 2.75) is 6.92 Å². The van der Waals surface area contributed by atoms with Crippen LogP contribution in [0.2, 0.25) is 5.02 Å². The smallest absolute Gasteiger partial charge is 0.256 e. The highest BCUT2D eigenvalue weighted by Crippen LogP contribution is 2.25. The van der Waals surface area contributed by atoms with Gasteiger partial charge in [-0.3, -0.25) is 4.79 Å². The van der Waals surface area contributed by atoms with Crippen molar-refractivity contribution in [2.24, 2.45) is 0 Å². The van der Waals surface area contributed by atoms with Gasteiger partial charge in [0.25, 0.3) is 5.91 Å². The van der Waals surface area contributed by atoms with Gasteiger partial charge in [-0.1, -0.05) is 17.7 Å². The molecule has 0 aliphatic carbocycles. The molecular weight excluding hydrogens is 333 g/mol. The lowest BCUT2D eigenvalue weighted by molar-refractivity contribution is 0.102. The summed E-state index contributed by atoms with van der Waals surface area (Å²) in [5, 5.41) is 3.24. The minimum atomic E-state index is -0.371. The van der Waals surface area contributed by atoms with Crippen LogP contribution < -0.4 is 5.32 Å². The number of hydrogen-bond donors (Lipinski definition) is 1. The standard InChI is InChI=1S/C14H10BrClFNO/c1-8-10(3-2-4-12(8)16)14(19)18-13-6-5-9(17)7-11(13)15/h2-7H,1H3,(H,18,19). The first kappa shape index (κ1) is 14.0. The Balaban J connectivity index is 2.28. The lowest BCUT2D eigenvalue weighted by Crippen LogP contribution is -2.13. The molecule has 2 rings (SSSR count). The van der Waals surface area contributed by atoms with Gasteiger partial charge in [-0.25, -0.2) is 4.39 Å². The molecule has 0 saturated heterocycles. The van der Waals surface area contributed by atoms with Gasteiger partial charge in [-0.15, -0.1) is 0 Å². The fraction of sp³-hybridized carbons (Fsp3) is 0.0714. The summed E-state index contributed by atoms with van der Waals surface area (Å²) >= 11 is 9.17. The third kappa shape index (κ3) is 3.14. The van der Waals surface area contributed by atoms with E-state index < -0.39 is 0 Å². The van der Waals surface area contributed by atoms with Crippen LogP contribution in [0.25, 0.3) is 0 Å². The van der Waals surface area contributed by atoms with Crippen LogP contribution in [0.3, 0.4) is 0 Å². The summed E-state index contributed by atoms with van der Waals surface area (Å²) in [6.07, 6.45) is 0. The van der Waals surface area contributed by atoms with E-state index in [4.69, 9.17) is 11.6 Å². The molecule has 0 fully saturated rings. The molecule has 1 N–H and O–H groups in total. The summed E-state index contributed by atoms with van der Waals surface area (Å²) in [6.45, 7) is 1.77. The Morgan fingerprint density at radius 2 is 2.05 bits per heavy atom. The van der Waals surface area contributed by atoms with Crippen molar-refractivity contribution in [3.8, 4) is 0 Å². The second kappa shape index (κ2) is 5.72. The Morgan fingerprint density at radius 1 is 1.32 bits per heavy atom. The molecular formula is C14H10BrClFNO. The molecule has 0 saturated carbocycles. The van der Waals surface area contributed by atoms with Gasteiger partial charge in [0.1, 0.15) is 5.82 Å². The van der Waals surface area contributed by atoms with Crippen molar-refractivity contribution in [1.82, 2.24) is 0 Å². The average molecular weight is 343 g/mol. The molecule has 0 spiro atoms. The molecule has 0 unspecified atom stereocenters. The third-order valence-electron chi connectivity index (χ3n) is 2.69. The molecule has 19 heavy (non-hydrogen) atoms. The molecule has 2 aromatic rings. The maximum atomic E-state index is 13.0. The monoisotopic (exact) mass is 341 g/mol. The first-order valence-electron chi connectivity index (χ1n) is 5.50. The molecule has 0 bridgehead atoms. The zero-order valence-corrected chi connectivity index (χ0v) is 12.3. The molecule has 0 atom stereocenters. The SMILES string of the molecule is Cc1c(Cl)cccc1C(=O)Nc1ccc(F)cc1Br. The van der Waals surface area contributed by atoms with Crippen molar-refractivity contribution >= 4 is 39.1 Å². The van der Waals surface area contributed by atoms with E-state index in [1.807, 2.05) is 0 Å². The van der Waals surface area contributed by atoms with Gasteiger partial charge in [0.15, 0.2) is 0 Å². The maximum Gasteiger partial charge on any atom is 0.256 e. The molecule has 0 aliphatic rings. The topological polar surface area (TPSA) is 29.1 Å². The lowest BCUT2D eigenvalue weighted by Gasteiger charge is -2.10. The van der Waals surface area contributed by atoms with Crippen LogP contribution in [0.4, 0.5) is 10.1 Å². The van der Waals surface area contributed by atoms with E-state index in [1.165, 1.54) is 18.2 Å². The quantitative estimate of drug-likeness (QED) is 0.834. The molecule has 0 heterocycles. The fourth-order valence-electron chi connectivity index (χ4n) is 1.63. The minimum Gasteiger partial charge on any atom is -0.321 e. The number of rotatable bonds is 2. The second-order valence-corrected chi connectivity index (χ2v) is 5.25. The highest BCUT2D eigenvalue weighted by molar-refractivity contribution is 9.10. The number of amides is 1. The minimum absolute atomic E-state index is 0.285. The zero-order valence-electron chi connectivity index (χ0n) is 10.0. The normalized spacial score (nSPS) is 10.3. The summed E-state index contributed by atoms with van der Waals surface area (Å²) in [5.74, 6) is -0.656. The number of carbonyl (C=O) groups is 1. The molecule has 0 aliphatic heterocycles. The Hall–Kier alpha value is -1.39. The van der Waals surface area contributed by atoms with Gasteiger partial charge in [0.2, 0.25) is 0 Å². The van der Waals surface area contributed by atoms with Crippen LogP contribution in [-0.2, 0) is 0 Å². The highest BCUT2D eigenvalue weighted by atomic mass is 79.9. The van der Waals surface area contributed by atoms with Gasteiger partial charge >= 0.3 is 0 Å². The predicted molar refractivity (Wildman–Crippen MR) is 78.2 cm³/mol. The largest absolute Gasteiger partial charge is 0.321 e. The van der Waals surface area contributed by atoms with E-state index in [1.54, 1.807) is 25.1 Å². The number of nitrogens with one attached hydrogen (secondary N) is 1. The Kier molecular flexibility index (Phi) is 4.22. The Labute approximate surface area is 123 Å². The average Bonchev–Trinajstić information content (AvgIpc) is 2.36. The highest BCUT2D eigenvalue weighted by Gasteiger charge is 2.12. The Bertz CT molecular complexity index is 645. The molecule has 2 aromatic carbocycles. The third-order valence-corrected chi connectivity index (χ3v) is 3.76. The number of benzene rings is 2. The lowest BCUT2D eigenvalue weighted by atomic mass is 10.1. The molecule has 2 nitrogen and oxygen atoms in total. The number of halogens is 3. The maximum absolute atomic E-state index is 13.0. The van der Waals surface area contributed by atoms with Crippen LogP contribution in [0.5, 0.6) is 0 Å². The van der Waals surface area contributed by atoms with Gasteiger partial charge < -0.3 is 5.32 Å². The Morgan fingerprint density at radius 3 is 2.74 bits per heavy atom. The number of anilines is 1. The van der Waals surface area contributed by atoms with E-state index in [-0.39, 0.29) is 11.7 Å². The van der Waals surface area contributed by atoms with Crippen LogP contribution in [0.1, 0.15) is 15.9 Å². The molecule has 98 valence electrons. The molecule has 5 heteroatoms. The summed E-state index contributed by atoms with van der Waals surface area (Å²) < 4.78 is 13.5. The van der Waals surface area contributed by atoms with E-state index in [0.29, 0.717) is 26.3 Å². The zero-order chi connectivity index (χ0) is 14.0. The first-order valence-corrected chi connectivity index (χ1v) is 6.67. The van der Waals surface area contributed by atoms with Gasteiger partial charge in [0.05, 0.1) is 5.69 Å². The van der Waals surface area contributed by atoms with Crippen LogP contribution >= 0.6 is 27.5 Å². The van der Waals surface area contributed by atoms with Crippen molar-refractivity contribution < 1.29 is 9.18 Å². The van der Waals surface area contributed by atoms with Crippen LogP contribution in [0.15, 0.2) is 40.9 Å². The van der Waals surface area contributed by atoms with Gasteiger partial charge in [-0.05, 0) is 58.7 Å². The van der Waals surface area contributed by atoms with Gasteiger partial charge in [0, 0.05) is 15.1 Å². The van der Waals surface area contributed by atoms with Crippen molar-refractivity contribution in [3.63, 3.8) is 0 Å². The van der Waals surface area contributed by atoms with E-state index in [2.05, 4.69) is 21.2 Å². The molecule has 0 radical (unpaired) electrons. The fourth-order valence-corrected chi connectivity index (χ4v) is 2.26. The summed E-state index contributed by atoms with van der Waals surface area (Å²) in [7, 11) is 0. The first-order chi connectivity index (χ1) is 8.99. The summed E-state index contributed by atoms with van der Waals surface area (Å²) in [5.41, 5.74) is 1.70. The van der Waals surface area contributed by atoms with Crippen molar-refractivity contribution in [3.05, 3.63) is 62.8 Å². The van der Waals surface area contributed by atoms with Gasteiger partial charge in [-0.2, -0.15) is 0 Å². The predicted octanol–water partition coefficient (Wildman–Crippen LogP) is 4.80. The van der Waals surface area contributed by atoms with Crippen molar-refractivity contribution in [2.75, 3.05) is 5.32 Å². The van der Waals surface area contributed by atoms with Crippen LogP contribution in [-0.4, -0.2) is 5.91 Å². The summed E-state index contributed by atoms with van der Waals surface area (Å²) in [4.78, 5) is 12.1. The van der Waals surface area contributed by atoms with E-state index in [9.17, 15) is 9.18 Å². The molecule has 1 amide bonds.